The van der Waals surface area contributed by atoms with Gasteiger partial charge in [0.05, 0.1) is 11.0 Å². The van der Waals surface area contributed by atoms with Crippen molar-refractivity contribution in [3.63, 3.8) is 0 Å². The minimum absolute atomic E-state index is 0.256. The molecule has 2 aromatic rings. The lowest BCUT2D eigenvalue weighted by Gasteiger charge is -1.93. The van der Waals surface area contributed by atoms with Gasteiger partial charge in [0.2, 0.25) is 0 Å². The van der Waals surface area contributed by atoms with E-state index in [9.17, 15) is 8.42 Å². The molecule has 0 amide bonds. The first-order valence-electron chi connectivity index (χ1n) is 3.66. The van der Waals surface area contributed by atoms with Crippen LogP contribution in [0.4, 0.5) is 0 Å². The Labute approximate surface area is 79.5 Å². The SMILES string of the molecule is O=S(=O)(O)Oc1nc2ccccc2[nH]1. The van der Waals surface area contributed by atoms with Crippen molar-refractivity contribution in [3.05, 3.63) is 24.3 Å². The molecule has 0 saturated carbocycles. The van der Waals surface area contributed by atoms with Crippen LogP contribution >= 0.6 is 0 Å². The topological polar surface area (TPSA) is 92.3 Å². The van der Waals surface area contributed by atoms with Crippen LogP contribution < -0.4 is 4.18 Å². The van der Waals surface area contributed by atoms with Crippen molar-refractivity contribution in [2.24, 2.45) is 0 Å². The number of rotatable bonds is 2. The average molecular weight is 214 g/mol. The van der Waals surface area contributed by atoms with Gasteiger partial charge < -0.3 is 9.17 Å². The van der Waals surface area contributed by atoms with Crippen LogP contribution in [0.2, 0.25) is 0 Å². The third-order valence-electron chi connectivity index (χ3n) is 1.55. The molecule has 0 atom stereocenters. The van der Waals surface area contributed by atoms with Gasteiger partial charge in [-0.2, -0.15) is 13.4 Å². The number of nitrogens with one attached hydrogen (secondary N) is 1. The molecule has 14 heavy (non-hydrogen) atoms. The number of imidazole rings is 1. The Balaban J connectivity index is 2.46. The Bertz CT molecular complexity index is 527. The van der Waals surface area contributed by atoms with Gasteiger partial charge in [-0.25, -0.2) is 0 Å². The molecule has 0 saturated heterocycles. The Morgan fingerprint density at radius 3 is 2.71 bits per heavy atom. The number of fused-ring (bicyclic) bond motifs is 1. The number of aromatic nitrogens is 2. The molecule has 0 spiro atoms. The molecule has 0 fully saturated rings. The first-order chi connectivity index (χ1) is 6.54. The maximum atomic E-state index is 10.4. The Morgan fingerprint density at radius 1 is 1.36 bits per heavy atom. The molecular formula is C7H6N2O4S. The Morgan fingerprint density at radius 2 is 2.07 bits per heavy atom. The fraction of sp³-hybridized carbons (Fsp3) is 0. The first-order valence-corrected chi connectivity index (χ1v) is 5.03. The summed E-state index contributed by atoms with van der Waals surface area (Å²) in [6.45, 7) is 0. The quantitative estimate of drug-likeness (QED) is 0.719. The summed E-state index contributed by atoms with van der Waals surface area (Å²) in [4.78, 5) is 6.36. The standard InChI is InChI=1S/C7H6N2O4S/c10-14(11,12)13-7-8-5-3-1-2-4-6(5)9-7/h1-4H,(H,8,9)(H,10,11,12). The Kier molecular flexibility index (Phi) is 1.90. The minimum Gasteiger partial charge on any atom is -0.324 e. The Hall–Kier alpha value is -1.60. The molecule has 2 rings (SSSR count). The van der Waals surface area contributed by atoms with E-state index in [0.717, 1.165) is 0 Å². The maximum Gasteiger partial charge on any atom is 0.449 e. The minimum atomic E-state index is -4.52. The first kappa shape index (κ1) is 8.97. The van der Waals surface area contributed by atoms with Gasteiger partial charge >= 0.3 is 16.4 Å². The van der Waals surface area contributed by atoms with E-state index < -0.39 is 10.4 Å². The summed E-state index contributed by atoms with van der Waals surface area (Å²) in [5, 5.41) is 0. The van der Waals surface area contributed by atoms with E-state index >= 15 is 0 Å². The second-order valence-corrected chi connectivity index (χ2v) is 3.59. The smallest absolute Gasteiger partial charge is 0.324 e. The predicted molar refractivity (Wildman–Crippen MR) is 48.3 cm³/mol. The van der Waals surface area contributed by atoms with E-state index in [-0.39, 0.29) is 6.01 Å². The molecule has 7 heteroatoms. The highest BCUT2D eigenvalue weighted by molar-refractivity contribution is 7.81. The zero-order valence-corrected chi connectivity index (χ0v) is 7.65. The molecule has 0 aliphatic rings. The molecule has 1 aromatic carbocycles. The summed E-state index contributed by atoms with van der Waals surface area (Å²) in [7, 11) is -4.52. The summed E-state index contributed by atoms with van der Waals surface area (Å²) in [6.07, 6.45) is 0. The van der Waals surface area contributed by atoms with Crippen molar-refractivity contribution in [2.45, 2.75) is 0 Å². The predicted octanol–water partition coefficient (Wildman–Crippen LogP) is 0.744. The summed E-state index contributed by atoms with van der Waals surface area (Å²) >= 11 is 0. The van der Waals surface area contributed by atoms with Crippen molar-refractivity contribution in [1.29, 1.82) is 0 Å². The lowest BCUT2D eigenvalue weighted by Crippen LogP contribution is -2.07. The van der Waals surface area contributed by atoms with E-state index in [2.05, 4.69) is 14.2 Å². The zero-order valence-electron chi connectivity index (χ0n) is 6.84. The van der Waals surface area contributed by atoms with E-state index in [4.69, 9.17) is 4.55 Å². The van der Waals surface area contributed by atoms with Gasteiger partial charge in [0.25, 0.3) is 0 Å². The lowest BCUT2D eigenvalue weighted by molar-refractivity contribution is 0.376. The number of aromatic amines is 1. The van der Waals surface area contributed by atoms with Crippen LogP contribution in [0.15, 0.2) is 24.3 Å². The van der Waals surface area contributed by atoms with Crippen molar-refractivity contribution in [1.82, 2.24) is 9.97 Å². The molecule has 0 aliphatic heterocycles. The second kappa shape index (κ2) is 2.96. The van der Waals surface area contributed by atoms with Gasteiger partial charge in [-0.15, -0.1) is 0 Å². The van der Waals surface area contributed by atoms with Crippen LogP contribution in [-0.2, 0) is 10.4 Å². The maximum absolute atomic E-state index is 10.4. The van der Waals surface area contributed by atoms with Crippen LogP contribution in [0.25, 0.3) is 11.0 Å². The lowest BCUT2D eigenvalue weighted by atomic mass is 10.3. The summed E-state index contributed by atoms with van der Waals surface area (Å²) in [5.41, 5.74) is 1.19. The molecule has 6 nitrogen and oxygen atoms in total. The number of hydrogen-bond acceptors (Lipinski definition) is 4. The van der Waals surface area contributed by atoms with E-state index in [1.54, 1.807) is 24.3 Å². The van der Waals surface area contributed by atoms with Crippen LogP contribution in [0.1, 0.15) is 0 Å². The van der Waals surface area contributed by atoms with Crippen molar-refractivity contribution in [3.8, 4) is 6.01 Å². The molecule has 1 aromatic heterocycles. The normalized spacial score (nSPS) is 11.8. The fourth-order valence-electron chi connectivity index (χ4n) is 1.07. The van der Waals surface area contributed by atoms with E-state index in [1.165, 1.54) is 0 Å². The molecule has 0 bridgehead atoms. The van der Waals surface area contributed by atoms with Crippen LogP contribution in [0.3, 0.4) is 0 Å². The molecule has 1 heterocycles. The number of nitrogens with zero attached hydrogens (tertiary/aromatic N) is 1. The highest BCUT2D eigenvalue weighted by Crippen LogP contribution is 2.15. The van der Waals surface area contributed by atoms with Gasteiger partial charge in [-0.3, -0.25) is 4.55 Å². The molecule has 74 valence electrons. The van der Waals surface area contributed by atoms with Crippen LogP contribution in [0.5, 0.6) is 6.01 Å². The zero-order chi connectivity index (χ0) is 10.2. The molecular weight excluding hydrogens is 208 g/mol. The van der Waals surface area contributed by atoms with Gasteiger partial charge in [0.15, 0.2) is 0 Å². The van der Waals surface area contributed by atoms with Crippen LogP contribution in [0, 0.1) is 0 Å². The summed E-state index contributed by atoms with van der Waals surface area (Å²) in [5.74, 6) is 0. The highest BCUT2D eigenvalue weighted by atomic mass is 32.3. The number of para-hydroxylation sites is 2. The van der Waals surface area contributed by atoms with Gasteiger partial charge in [-0.05, 0) is 12.1 Å². The fourth-order valence-corrected chi connectivity index (χ4v) is 1.35. The third kappa shape index (κ3) is 1.83. The highest BCUT2D eigenvalue weighted by Gasteiger charge is 2.10. The second-order valence-electron chi connectivity index (χ2n) is 2.57. The van der Waals surface area contributed by atoms with Gasteiger partial charge in [-0.1, -0.05) is 12.1 Å². The third-order valence-corrected chi connectivity index (χ3v) is 1.92. The number of benzene rings is 1. The largest absolute Gasteiger partial charge is 0.449 e. The van der Waals surface area contributed by atoms with Crippen molar-refractivity contribution in [2.75, 3.05) is 0 Å². The monoisotopic (exact) mass is 214 g/mol. The van der Waals surface area contributed by atoms with E-state index in [0.29, 0.717) is 11.0 Å². The van der Waals surface area contributed by atoms with Crippen LogP contribution in [-0.4, -0.2) is 22.9 Å². The van der Waals surface area contributed by atoms with Crippen molar-refractivity contribution >= 4 is 21.4 Å². The molecule has 0 unspecified atom stereocenters. The average Bonchev–Trinajstić information content (AvgIpc) is 2.42. The van der Waals surface area contributed by atoms with Crippen molar-refractivity contribution < 1.29 is 17.2 Å². The van der Waals surface area contributed by atoms with E-state index in [1.807, 2.05) is 0 Å². The molecule has 0 aliphatic carbocycles. The molecule has 0 radical (unpaired) electrons. The number of H-pyrrole nitrogens is 1. The van der Waals surface area contributed by atoms with Gasteiger partial charge in [0, 0.05) is 0 Å². The summed E-state index contributed by atoms with van der Waals surface area (Å²) < 4.78 is 33.2. The van der Waals surface area contributed by atoms with Gasteiger partial charge in [0.1, 0.15) is 0 Å². The summed E-state index contributed by atoms with van der Waals surface area (Å²) in [6, 6.07) is 6.65. The molecule has 2 N–H and O–H groups in total. The number of hydrogen-bond donors (Lipinski definition) is 2.